The normalized spacial score (nSPS) is 24.6. The van der Waals surface area contributed by atoms with Crippen LogP contribution in [0.1, 0.15) is 24.0 Å². The van der Waals surface area contributed by atoms with Crippen molar-refractivity contribution in [3.05, 3.63) is 48.0 Å². The van der Waals surface area contributed by atoms with Crippen molar-refractivity contribution in [3.63, 3.8) is 0 Å². The number of fused-ring (bicyclic) bond motifs is 1. The Morgan fingerprint density at radius 2 is 2.29 bits per heavy atom. The van der Waals surface area contributed by atoms with Crippen molar-refractivity contribution in [2.75, 3.05) is 0 Å². The third-order valence-electron chi connectivity index (χ3n) is 2.59. The second-order valence-electron chi connectivity index (χ2n) is 3.56. The van der Waals surface area contributed by atoms with E-state index in [0.29, 0.717) is 13.0 Å². The number of rotatable bonds is 3. The van der Waals surface area contributed by atoms with Crippen LogP contribution in [-0.4, -0.2) is 5.11 Å². The Balaban J connectivity index is 2.27. The minimum atomic E-state index is -1.09. The van der Waals surface area contributed by atoms with E-state index < -0.39 is 5.79 Å². The average Bonchev–Trinajstić information content (AvgIpc) is 2.55. The Hall–Kier alpha value is -1.12. The minimum absolute atomic E-state index is 0.504. The van der Waals surface area contributed by atoms with Gasteiger partial charge in [-0.1, -0.05) is 30.3 Å². The highest BCUT2D eigenvalue weighted by atomic mass is 16.6. The lowest BCUT2D eigenvalue weighted by Crippen LogP contribution is -2.24. The molecular formula is C12H14O2. The fraction of sp³-hybridized carbons (Fsp3) is 0.333. The third kappa shape index (κ3) is 1.47. The first-order valence-electron chi connectivity index (χ1n) is 4.82. The van der Waals surface area contributed by atoms with Crippen LogP contribution in [0.25, 0.3) is 0 Å². The summed E-state index contributed by atoms with van der Waals surface area (Å²) in [6.45, 7) is 4.15. The molecule has 1 aromatic carbocycles. The summed E-state index contributed by atoms with van der Waals surface area (Å²) < 4.78 is 5.42. The van der Waals surface area contributed by atoms with Crippen molar-refractivity contribution in [2.24, 2.45) is 0 Å². The fourth-order valence-electron chi connectivity index (χ4n) is 1.81. The highest BCUT2D eigenvalue weighted by Gasteiger charge is 2.36. The molecule has 1 unspecified atom stereocenters. The zero-order valence-corrected chi connectivity index (χ0v) is 8.07. The highest BCUT2D eigenvalue weighted by molar-refractivity contribution is 5.33. The Labute approximate surface area is 83.8 Å². The SMILES string of the molecule is C=CCCC1(O)OCc2ccccc21. The zero-order valence-electron chi connectivity index (χ0n) is 8.07. The minimum Gasteiger partial charge on any atom is -0.362 e. The van der Waals surface area contributed by atoms with Crippen LogP contribution in [-0.2, 0) is 17.1 Å². The number of hydrogen-bond donors (Lipinski definition) is 1. The molecule has 0 spiro atoms. The van der Waals surface area contributed by atoms with Gasteiger partial charge in [-0.15, -0.1) is 6.58 Å². The Kier molecular flexibility index (Phi) is 2.40. The second-order valence-corrected chi connectivity index (χ2v) is 3.56. The van der Waals surface area contributed by atoms with Crippen LogP contribution in [0.2, 0.25) is 0 Å². The van der Waals surface area contributed by atoms with Crippen LogP contribution in [0, 0.1) is 0 Å². The highest BCUT2D eigenvalue weighted by Crippen LogP contribution is 2.37. The van der Waals surface area contributed by atoms with Crippen molar-refractivity contribution < 1.29 is 9.84 Å². The first-order valence-corrected chi connectivity index (χ1v) is 4.82. The largest absolute Gasteiger partial charge is 0.362 e. The molecule has 0 aromatic heterocycles. The van der Waals surface area contributed by atoms with Gasteiger partial charge in [0.2, 0.25) is 0 Å². The quantitative estimate of drug-likeness (QED) is 0.741. The number of ether oxygens (including phenoxy) is 1. The van der Waals surface area contributed by atoms with E-state index in [0.717, 1.165) is 17.5 Å². The molecule has 0 radical (unpaired) electrons. The van der Waals surface area contributed by atoms with Gasteiger partial charge >= 0.3 is 0 Å². The number of hydrogen-bond acceptors (Lipinski definition) is 2. The smallest absolute Gasteiger partial charge is 0.193 e. The van der Waals surface area contributed by atoms with Crippen LogP contribution in [0.15, 0.2) is 36.9 Å². The molecule has 74 valence electrons. The predicted octanol–water partition coefficient (Wildman–Crippen LogP) is 2.33. The Bertz CT molecular complexity index is 346. The molecule has 0 bridgehead atoms. The number of allylic oxidation sites excluding steroid dienone is 1. The monoisotopic (exact) mass is 190 g/mol. The van der Waals surface area contributed by atoms with Crippen LogP contribution in [0.3, 0.4) is 0 Å². The van der Waals surface area contributed by atoms with Crippen LogP contribution in [0.5, 0.6) is 0 Å². The Morgan fingerprint density at radius 3 is 3.07 bits per heavy atom. The molecule has 1 aromatic rings. The van der Waals surface area contributed by atoms with E-state index in [1.807, 2.05) is 24.3 Å². The van der Waals surface area contributed by atoms with Gasteiger partial charge in [0.05, 0.1) is 6.61 Å². The van der Waals surface area contributed by atoms with Crippen LogP contribution >= 0.6 is 0 Å². The third-order valence-corrected chi connectivity index (χ3v) is 2.59. The molecule has 0 aliphatic carbocycles. The van der Waals surface area contributed by atoms with Crippen molar-refractivity contribution >= 4 is 0 Å². The molecule has 1 heterocycles. The van der Waals surface area contributed by atoms with Gasteiger partial charge in [-0.3, -0.25) is 0 Å². The van der Waals surface area contributed by atoms with Crippen LogP contribution < -0.4 is 0 Å². The lowest BCUT2D eigenvalue weighted by molar-refractivity contribution is -0.206. The van der Waals surface area contributed by atoms with Crippen molar-refractivity contribution in [3.8, 4) is 0 Å². The maximum atomic E-state index is 10.2. The summed E-state index contributed by atoms with van der Waals surface area (Å²) in [7, 11) is 0. The van der Waals surface area contributed by atoms with Crippen molar-refractivity contribution in [2.45, 2.75) is 25.2 Å². The molecule has 1 N–H and O–H groups in total. The van der Waals surface area contributed by atoms with E-state index >= 15 is 0 Å². The summed E-state index contributed by atoms with van der Waals surface area (Å²) >= 11 is 0. The average molecular weight is 190 g/mol. The van der Waals surface area contributed by atoms with Crippen molar-refractivity contribution in [1.82, 2.24) is 0 Å². The molecule has 14 heavy (non-hydrogen) atoms. The van der Waals surface area contributed by atoms with Gasteiger partial charge in [0.1, 0.15) is 0 Å². The summed E-state index contributed by atoms with van der Waals surface area (Å²) in [4.78, 5) is 0. The Morgan fingerprint density at radius 1 is 1.50 bits per heavy atom. The lowest BCUT2D eigenvalue weighted by atomic mass is 9.99. The van der Waals surface area contributed by atoms with E-state index in [1.54, 1.807) is 6.08 Å². The summed E-state index contributed by atoms with van der Waals surface area (Å²) in [6, 6.07) is 7.79. The molecular weight excluding hydrogens is 176 g/mol. The van der Waals surface area contributed by atoms with Gasteiger partial charge in [-0.25, -0.2) is 0 Å². The molecule has 1 aliphatic rings. The summed E-state index contributed by atoms with van der Waals surface area (Å²) in [6.07, 6.45) is 3.13. The molecule has 2 heteroatoms. The molecule has 0 saturated heterocycles. The summed E-state index contributed by atoms with van der Waals surface area (Å²) in [5.41, 5.74) is 1.99. The molecule has 1 atom stereocenters. The standard InChI is InChI=1S/C12H14O2/c1-2-3-8-12(13)11-7-5-4-6-10(11)9-14-12/h2,4-7,13H,1,3,8-9H2. The summed E-state index contributed by atoms with van der Waals surface area (Å²) in [5, 5.41) is 10.2. The van der Waals surface area contributed by atoms with Gasteiger partial charge in [-0.05, 0) is 12.0 Å². The number of aliphatic hydroxyl groups is 1. The van der Waals surface area contributed by atoms with E-state index in [9.17, 15) is 5.11 Å². The van der Waals surface area contributed by atoms with Crippen molar-refractivity contribution in [1.29, 1.82) is 0 Å². The van der Waals surface area contributed by atoms with Gasteiger partial charge in [0.25, 0.3) is 0 Å². The molecule has 0 saturated carbocycles. The first kappa shape index (κ1) is 9.44. The van der Waals surface area contributed by atoms with Crippen LogP contribution in [0.4, 0.5) is 0 Å². The van der Waals surface area contributed by atoms with E-state index in [-0.39, 0.29) is 0 Å². The summed E-state index contributed by atoms with van der Waals surface area (Å²) in [5.74, 6) is -1.09. The fourth-order valence-corrected chi connectivity index (χ4v) is 1.81. The number of benzene rings is 1. The first-order chi connectivity index (χ1) is 6.76. The molecule has 0 fully saturated rings. The van der Waals surface area contributed by atoms with Gasteiger partial charge in [-0.2, -0.15) is 0 Å². The lowest BCUT2D eigenvalue weighted by Gasteiger charge is -2.22. The molecule has 2 nitrogen and oxygen atoms in total. The predicted molar refractivity (Wildman–Crippen MR) is 54.6 cm³/mol. The maximum absolute atomic E-state index is 10.2. The maximum Gasteiger partial charge on any atom is 0.193 e. The topological polar surface area (TPSA) is 29.5 Å². The molecule has 0 amide bonds. The zero-order chi connectivity index (χ0) is 10.0. The van der Waals surface area contributed by atoms with E-state index in [2.05, 4.69) is 6.58 Å². The van der Waals surface area contributed by atoms with Gasteiger partial charge in [0, 0.05) is 12.0 Å². The van der Waals surface area contributed by atoms with E-state index in [4.69, 9.17) is 4.74 Å². The molecule has 1 aliphatic heterocycles. The van der Waals surface area contributed by atoms with Gasteiger partial charge < -0.3 is 9.84 Å². The second kappa shape index (κ2) is 3.56. The molecule has 2 rings (SSSR count). The van der Waals surface area contributed by atoms with E-state index in [1.165, 1.54) is 0 Å². The van der Waals surface area contributed by atoms with Gasteiger partial charge in [0.15, 0.2) is 5.79 Å².